The average molecular weight is 268 g/mol. The van der Waals surface area contributed by atoms with E-state index in [1.807, 2.05) is 30.2 Å². The van der Waals surface area contributed by atoms with Crippen molar-refractivity contribution in [2.75, 3.05) is 4.90 Å². The molecule has 0 aliphatic carbocycles. The van der Waals surface area contributed by atoms with Crippen LogP contribution in [0.4, 0.5) is 5.69 Å². The van der Waals surface area contributed by atoms with Gasteiger partial charge in [-0.2, -0.15) is 0 Å². The minimum Gasteiger partial charge on any atom is -0.508 e. The number of aromatic hydroxyl groups is 1. The monoisotopic (exact) mass is 268 g/mol. The van der Waals surface area contributed by atoms with Crippen LogP contribution in [0.2, 0.25) is 0 Å². The van der Waals surface area contributed by atoms with Gasteiger partial charge in [-0.1, -0.05) is 12.1 Å². The van der Waals surface area contributed by atoms with Gasteiger partial charge in [0.15, 0.2) is 0 Å². The maximum Gasteiger partial charge on any atom is 0.231 e. The van der Waals surface area contributed by atoms with Gasteiger partial charge in [0.1, 0.15) is 5.75 Å². The van der Waals surface area contributed by atoms with Crippen molar-refractivity contribution in [1.29, 1.82) is 0 Å². The third-order valence-corrected chi connectivity index (χ3v) is 3.63. The number of carbonyl (C=O) groups excluding carboxylic acids is 1. The van der Waals surface area contributed by atoms with Crippen LogP contribution < -0.4 is 4.90 Å². The first kappa shape index (κ1) is 12.7. The van der Waals surface area contributed by atoms with Crippen molar-refractivity contribution >= 4 is 11.6 Å². The zero-order chi connectivity index (χ0) is 14.1. The van der Waals surface area contributed by atoms with Gasteiger partial charge in [-0.05, 0) is 42.7 Å². The van der Waals surface area contributed by atoms with Gasteiger partial charge in [0, 0.05) is 18.4 Å². The van der Waals surface area contributed by atoms with E-state index < -0.39 is 0 Å². The molecule has 2 aromatic rings. The molecule has 1 aromatic heterocycles. The summed E-state index contributed by atoms with van der Waals surface area (Å²) in [6.07, 6.45) is 4.68. The summed E-state index contributed by atoms with van der Waals surface area (Å²) in [5.41, 5.74) is 2.90. The summed E-state index contributed by atoms with van der Waals surface area (Å²) < 4.78 is 0. The molecule has 1 atom stereocenters. The third kappa shape index (κ3) is 2.25. The van der Waals surface area contributed by atoms with Crippen molar-refractivity contribution in [2.45, 2.75) is 25.8 Å². The Hall–Kier alpha value is -2.36. The van der Waals surface area contributed by atoms with E-state index in [1.54, 1.807) is 24.4 Å². The molecule has 3 rings (SSSR count). The lowest BCUT2D eigenvalue weighted by atomic mass is 10.1. The fourth-order valence-electron chi connectivity index (χ4n) is 2.77. The van der Waals surface area contributed by atoms with Gasteiger partial charge in [-0.25, -0.2) is 0 Å². The lowest BCUT2D eigenvalue weighted by Crippen LogP contribution is -2.36. The highest BCUT2D eigenvalue weighted by molar-refractivity contribution is 5.97. The number of aromatic nitrogens is 1. The zero-order valence-corrected chi connectivity index (χ0v) is 11.3. The van der Waals surface area contributed by atoms with Gasteiger partial charge >= 0.3 is 0 Å². The van der Waals surface area contributed by atoms with Crippen LogP contribution in [0, 0.1) is 0 Å². The molecule has 4 nitrogen and oxygen atoms in total. The highest BCUT2D eigenvalue weighted by atomic mass is 16.3. The summed E-state index contributed by atoms with van der Waals surface area (Å²) >= 11 is 0. The van der Waals surface area contributed by atoms with E-state index in [0.29, 0.717) is 6.42 Å². The Morgan fingerprint density at radius 2 is 2.30 bits per heavy atom. The van der Waals surface area contributed by atoms with Crippen LogP contribution in [-0.2, 0) is 17.6 Å². The Kier molecular flexibility index (Phi) is 3.14. The van der Waals surface area contributed by atoms with Gasteiger partial charge in [0.2, 0.25) is 5.91 Å². The molecular formula is C16H16N2O2. The van der Waals surface area contributed by atoms with Crippen molar-refractivity contribution in [3.8, 4) is 5.75 Å². The van der Waals surface area contributed by atoms with Crippen LogP contribution in [0.3, 0.4) is 0 Å². The van der Waals surface area contributed by atoms with E-state index in [1.165, 1.54) is 0 Å². The molecular weight excluding hydrogens is 252 g/mol. The number of fused-ring (bicyclic) bond motifs is 1. The van der Waals surface area contributed by atoms with Gasteiger partial charge in [-0.15, -0.1) is 0 Å². The molecule has 0 radical (unpaired) electrons. The van der Waals surface area contributed by atoms with E-state index >= 15 is 0 Å². The second-order valence-electron chi connectivity index (χ2n) is 5.17. The Bertz CT molecular complexity index is 654. The first-order valence-corrected chi connectivity index (χ1v) is 6.68. The van der Waals surface area contributed by atoms with E-state index in [9.17, 15) is 9.90 Å². The van der Waals surface area contributed by atoms with Crippen molar-refractivity contribution in [3.05, 3.63) is 53.9 Å². The minimum atomic E-state index is 0.0491. The van der Waals surface area contributed by atoms with Crippen LogP contribution >= 0.6 is 0 Å². The smallest absolute Gasteiger partial charge is 0.231 e. The molecule has 0 spiro atoms. The molecule has 4 heteroatoms. The van der Waals surface area contributed by atoms with E-state index in [2.05, 4.69) is 4.98 Å². The molecule has 1 aromatic carbocycles. The van der Waals surface area contributed by atoms with Crippen LogP contribution in [0.5, 0.6) is 5.75 Å². The topological polar surface area (TPSA) is 53.4 Å². The summed E-state index contributed by atoms with van der Waals surface area (Å²) in [5, 5.41) is 9.47. The van der Waals surface area contributed by atoms with Crippen molar-refractivity contribution < 1.29 is 9.90 Å². The first-order valence-electron chi connectivity index (χ1n) is 6.68. The minimum absolute atomic E-state index is 0.0491. The number of anilines is 1. The standard InChI is InChI=1S/C16H16N2O2/c1-11-7-13-10-17-6-5-15(13)18(11)16(20)9-12-3-2-4-14(19)8-12/h2-6,8,10-11,19H,7,9H2,1H3. The Balaban J connectivity index is 1.84. The molecule has 1 aliphatic rings. The molecule has 0 saturated heterocycles. The summed E-state index contributed by atoms with van der Waals surface area (Å²) in [5.74, 6) is 0.238. The predicted molar refractivity (Wildman–Crippen MR) is 76.7 cm³/mol. The molecule has 1 aliphatic heterocycles. The fraction of sp³-hybridized carbons (Fsp3) is 0.250. The summed E-state index contributed by atoms with van der Waals surface area (Å²) in [7, 11) is 0. The van der Waals surface area contributed by atoms with Crippen molar-refractivity contribution in [2.24, 2.45) is 0 Å². The number of hydrogen-bond acceptors (Lipinski definition) is 3. The predicted octanol–water partition coefficient (Wildman–Crippen LogP) is 2.31. The SMILES string of the molecule is CC1Cc2cnccc2N1C(=O)Cc1cccc(O)c1. The molecule has 1 N–H and O–H groups in total. The molecule has 1 unspecified atom stereocenters. The average Bonchev–Trinajstić information content (AvgIpc) is 2.74. The van der Waals surface area contributed by atoms with Gasteiger partial charge < -0.3 is 10.0 Å². The summed E-state index contributed by atoms with van der Waals surface area (Å²) in [6.45, 7) is 2.04. The number of pyridine rings is 1. The van der Waals surface area contributed by atoms with Crippen LogP contribution in [0.15, 0.2) is 42.7 Å². The second kappa shape index (κ2) is 4.96. The van der Waals surface area contributed by atoms with Gasteiger partial charge in [0.05, 0.1) is 12.1 Å². The van der Waals surface area contributed by atoms with Crippen LogP contribution in [-0.4, -0.2) is 22.0 Å². The Morgan fingerprint density at radius 3 is 3.10 bits per heavy atom. The number of benzene rings is 1. The Labute approximate surface area is 117 Å². The lowest BCUT2D eigenvalue weighted by Gasteiger charge is -2.22. The maximum atomic E-state index is 12.5. The lowest BCUT2D eigenvalue weighted by molar-refractivity contribution is -0.118. The number of phenolic OH excluding ortho intramolecular Hbond substituents is 1. The molecule has 2 heterocycles. The number of carbonyl (C=O) groups is 1. The molecule has 20 heavy (non-hydrogen) atoms. The van der Waals surface area contributed by atoms with Crippen LogP contribution in [0.25, 0.3) is 0 Å². The third-order valence-electron chi connectivity index (χ3n) is 3.63. The molecule has 0 bridgehead atoms. The largest absolute Gasteiger partial charge is 0.508 e. The number of rotatable bonds is 2. The van der Waals surface area contributed by atoms with E-state index in [0.717, 1.165) is 23.2 Å². The van der Waals surface area contributed by atoms with E-state index in [-0.39, 0.29) is 17.7 Å². The quantitative estimate of drug-likeness (QED) is 0.909. The molecule has 1 amide bonds. The zero-order valence-electron chi connectivity index (χ0n) is 11.3. The number of amides is 1. The number of phenols is 1. The van der Waals surface area contributed by atoms with Gasteiger partial charge in [-0.3, -0.25) is 9.78 Å². The molecule has 102 valence electrons. The molecule has 0 fully saturated rings. The number of hydrogen-bond donors (Lipinski definition) is 1. The van der Waals surface area contributed by atoms with Crippen LogP contribution in [0.1, 0.15) is 18.1 Å². The summed E-state index contributed by atoms with van der Waals surface area (Å²) in [4.78, 5) is 18.5. The highest BCUT2D eigenvalue weighted by Crippen LogP contribution is 2.31. The fourth-order valence-corrected chi connectivity index (χ4v) is 2.77. The first-order chi connectivity index (χ1) is 9.65. The molecule has 0 saturated carbocycles. The highest BCUT2D eigenvalue weighted by Gasteiger charge is 2.30. The Morgan fingerprint density at radius 1 is 1.45 bits per heavy atom. The second-order valence-corrected chi connectivity index (χ2v) is 5.17. The van der Waals surface area contributed by atoms with Gasteiger partial charge in [0.25, 0.3) is 0 Å². The number of nitrogens with zero attached hydrogens (tertiary/aromatic N) is 2. The normalized spacial score (nSPS) is 17.1. The maximum absolute atomic E-state index is 12.5. The van der Waals surface area contributed by atoms with E-state index in [4.69, 9.17) is 0 Å². The van der Waals surface area contributed by atoms with Crippen molar-refractivity contribution in [1.82, 2.24) is 4.98 Å². The summed E-state index contributed by atoms with van der Waals surface area (Å²) in [6, 6.07) is 8.88. The van der Waals surface area contributed by atoms with Crippen molar-refractivity contribution in [3.63, 3.8) is 0 Å².